The molecule has 0 spiro atoms. The number of nitrogens with zero attached hydrogens (tertiary/aromatic N) is 7. The molecule has 9 aromatic carbocycles. The fraction of sp³-hybridized carbons (Fsp3) is 0.0308. The molecular weight excluding hydrogens is 936 g/mol. The third-order valence-corrected chi connectivity index (χ3v) is 14.0. The predicted octanol–water partition coefficient (Wildman–Crippen LogP) is 16.4. The molecule has 0 saturated carbocycles. The smallest absolute Gasteiger partial charge is 0.307 e. The van der Waals surface area contributed by atoms with Crippen LogP contribution in [0.5, 0.6) is 0 Å². The van der Waals surface area contributed by atoms with E-state index in [1.54, 1.807) is 67.7 Å². The van der Waals surface area contributed by atoms with Gasteiger partial charge in [0, 0.05) is 27.1 Å². The van der Waals surface area contributed by atoms with E-state index in [0.29, 0.717) is 50.4 Å². The number of aryl methyl sites for hydroxylation is 1. The van der Waals surface area contributed by atoms with Crippen molar-refractivity contribution in [1.82, 2.24) is 14.1 Å². The summed E-state index contributed by atoms with van der Waals surface area (Å²) in [6.07, 6.45) is -2.90. The van der Waals surface area contributed by atoms with Crippen LogP contribution in [0.25, 0.3) is 111 Å². The van der Waals surface area contributed by atoms with Crippen molar-refractivity contribution in [2.75, 3.05) is 0 Å². The first-order valence-corrected chi connectivity index (χ1v) is 23.9. The molecule has 0 aliphatic rings. The third-order valence-electron chi connectivity index (χ3n) is 14.0. The van der Waals surface area contributed by atoms with Gasteiger partial charge in [0.15, 0.2) is 0 Å². The van der Waals surface area contributed by atoms with Crippen molar-refractivity contribution in [2.24, 2.45) is 0 Å². The van der Waals surface area contributed by atoms with Crippen molar-refractivity contribution in [3.05, 3.63) is 234 Å². The lowest BCUT2D eigenvalue weighted by atomic mass is 9.98. The van der Waals surface area contributed by atoms with Crippen LogP contribution >= 0.6 is 0 Å². The van der Waals surface area contributed by atoms with Gasteiger partial charge < -0.3 is 4.57 Å². The molecule has 0 atom stereocenters. The molecule has 0 aliphatic heterocycles. The minimum Gasteiger partial charge on any atom is -0.307 e. The third kappa shape index (κ3) is 8.07. The molecular formula is C65H36F3N7. The Labute approximate surface area is 428 Å². The number of aromatic nitrogens is 3. The standard InChI is InChI=1S/C65H36F3N7/c1-39-26-52(28-53(27-39)65(66,67)68)58-33-64(75-61-31-50(46-14-6-42(36-71)7-15-46)20-24-56(61)57-25-21-51(32-62(57)75)47-16-8-43(37-72)9-17-47)73-38-63(58)74-59-29-48(44-10-2-40(34-69)3-11-44)18-22-54(59)55-23-19-49(30-60(55)74)45-12-4-41(35-70)5-13-45/h2-33,38H,1H3. The van der Waals surface area contributed by atoms with E-state index in [2.05, 4.69) is 69.8 Å². The van der Waals surface area contributed by atoms with Gasteiger partial charge in [-0.3, -0.25) is 4.57 Å². The van der Waals surface area contributed by atoms with Crippen molar-refractivity contribution in [3.63, 3.8) is 0 Å². The van der Waals surface area contributed by atoms with Gasteiger partial charge in [-0.25, -0.2) is 4.98 Å². The lowest BCUT2D eigenvalue weighted by Gasteiger charge is -2.18. The summed E-state index contributed by atoms with van der Waals surface area (Å²) in [6.45, 7) is 1.66. The number of alkyl halides is 3. The average molecular weight is 972 g/mol. The van der Waals surface area contributed by atoms with E-state index in [1.165, 1.54) is 6.07 Å². The second-order valence-electron chi connectivity index (χ2n) is 18.5. The van der Waals surface area contributed by atoms with Gasteiger partial charge in [0.05, 0.1) is 86.0 Å². The maximum absolute atomic E-state index is 15.0. The van der Waals surface area contributed by atoms with E-state index in [1.807, 2.05) is 91.0 Å². The molecule has 352 valence electrons. The second-order valence-corrected chi connectivity index (χ2v) is 18.5. The van der Waals surface area contributed by atoms with E-state index in [9.17, 15) is 34.2 Å². The molecule has 3 heterocycles. The van der Waals surface area contributed by atoms with E-state index < -0.39 is 11.7 Å². The zero-order valence-electron chi connectivity index (χ0n) is 39.8. The number of hydrogen-bond donors (Lipinski definition) is 0. The molecule has 0 radical (unpaired) electrons. The Bertz CT molecular complexity index is 4250. The van der Waals surface area contributed by atoms with Crippen LogP contribution in [0.4, 0.5) is 13.2 Å². The Morgan fingerprint density at radius 1 is 0.373 bits per heavy atom. The largest absolute Gasteiger partial charge is 0.416 e. The van der Waals surface area contributed by atoms with Gasteiger partial charge in [0.1, 0.15) is 5.82 Å². The van der Waals surface area contributed by atoms with Gasteiger partial charge in [-0.2, -0.15) is 34.2 Å². The molecule has 0 aliphatic carbocycles. The Morgan fingerprint density at radius 2 is 0.707 bits per heavy atom. The zero-order chi connectivity index (χ0) is 51.5. The monoisotopic (exact) mass is 971 g/mol. The normalized spacial score (nSPS) is 11.4. The fourth-order valence-electron chi connectivity index (χ4n) is 10.3. The molecule has 0 amide bonds. The summed E-state index contributed by atoms with van der Waals surface area (Å²) in [5.74, 6) is 0.454. The number of fused-ring (bicyclic) bond motifs is 6. The van der Waals surface area contributed by atoms with Gasteiger partial charge in [-0.05, 0) is 154 Å². The van der Waals surface area contributed by atoms with E-state index in [4.69, 9.17) is 4.98 Å². The molecule has 75 heavy (non-hydrogen) atoms. The maximum atomic E-state index is 15.0. The molecule has 0 bridgehead atoms. The summed E-state index contributed by atoms with van der Waals surface area (Å²) in [4.78, 5) is 5.31. The lowest BCUT2D eigenvalue weighted by molar-refractivity contribution is -0.137. The zero-order valence-corrected chi connectivity index (χ0v) is 39.8. The molecule has 0 N–H and O–H groups in total. The molecule has 0 unspecified atom stereocenters. The number of hydrogen-bond acceptors (Lipinski definition) is 5. The number of halogens is 3. The van der Waals surface area contributed by atoms with Crippen molar-refractivity contribution >= 4 is 43.6 Å². The SMILES string of the molecule is Cc1cc(-c2cc(-n3c4cc(-c5ccc(C#N)cc5)ccc4c4ccc(-c5ccc(C#N)cc5)cc43)ncc2-n2c3cc(-c4ccc(C#N)cc4)ccc3c3ccc(-c4ccc(C#N)cc4)cc32)cc(C(F)(F)F)c1. The molecule has 7 nitrogen and oxygen atoms in total. The summed E-state index contributed by atoms with van der Waals surface area (Å²) in [5.41, 5.74) is 13.3. The van der Waals surface area contributed by atoms with Crippen molar-refractivity contribution in [3.8, 4) is 91.4 Å². The minimum atomic E-state index is -4.65. The molecule has 0 fully saturated rings. The van der Waals surface area contributed by atoms with Gasteiger partial charge in [0.2, 0.25) is 0 Å². The fourth-order valence-corrected chi connectivity index (χ4v) is 10.3. The quantitative estimate of drug-likeness (QED) is 0.158. The molecule has 3 aromatic heterocycles. The van der Waals surface area contributed by atoms with Gasteiger partial charge in [-0.15, -0.1) is 0 Å². The minimum absolute atomic E-state index is 0.333. The highest BCUT2D eigenvalue weighted by Crippen LogP contribution is 2.43. The van der Waals surface area contributed by atoms with Gasteiger partial charge >= 0.3 is 6.18 Å². The molecule has 12 aromatic rings. The Balaban J connectivity index is 1.17. The summed E-state index contributed by atoms with van der Waals surface area (Å²) < 4.78 is 49.0. The topological polar surface area (TPSA) is 118 Å². The van der Waals surface area contributed by atoms with Crippen LogP contribution in [-0.2, 0) is 6.18 Å². The first kappa shape index (κ1) is 45.6. The maximum Gasteiger partial charge on any atom is 0.416 e. The second kappa shape index (κ2) is 18.0. The van der Waals surface area contributed by atoms with Crippen LogP contribution in [0.1, 0.15) is 33.4 Å². The van der Waals surface area contributed by atoms with E-state index >= 15 is 0 Å². The van der Waals surface area contributed by atoms with E-state index in [-0.39, 0.29) is 0 Å². The highest BCUT2D eigenvalue weighted by molar-refractivity contribution is 6.13. The van der Waals surface area contributed by atoms with Crippen LogP contribution in [0.3, 0.4) is 0 Å². The summed E-state index contributed by atoms with van der Waals surface area (Å²) in [6, 6.07) is 68.8. The predicted molar refractivity (Wildman–Crippen MR) is 289 cm³/mol. The van der Waals surface area contributed by atoms with Crippen LogP contribution < -0.4 is 0 Å². The summed E-state index contributed by atoms with van der Waals surface area (Å²) in [7, 11) is 0. The summed E-state index contributed by atoms with van der Waals surface area (Å²) in [5, 5.41) is 42.0. The Morgan fingerprint density at radius 3 is 1.04 bits per heavy atom. The Hall–Kier alpha value is -10.5. The molecule has 0 saturated heterocycles. The first-order valence-electron chi connectivity index (χ1n) is 23.9. The van der Waals surface area contributed by atoms with Crippen molar-refractivity contribution in [2.45, 2.75) is 13.1 Å². The molecule has 10 heteroatoms. The molecule has 12 rings (SSSR count). The van der Waals surface area contributed by atoms with Crippen LogP contribution in [0, 0.1) is 52.2 Å². The number of benzene rings is 9. The number of rotatable bonds is 7. The summed E-state index contributed by atoms with van der Waals surface area (Å²) >= 11 is 0. The highest BCUT2D eigenvalue weighted by atomic mass is 19.4. The Kier molecular flexibility index (Phi) is 10.9. The van der Waals surface area contributed by atoms with Gasteiger partial charge in [0.25, 0.3) is 0 Å². The number of pyridine rings is 1. The highest BCUT2D eigenvalue weighted by Gasteiger charge is 2.32. The van der Waals surface area contributed by atoms with Crippen LogP contribution in [0.2, 0.25) is 0 Å². The van der Waals surface area contributed by atoms with Crippen molar-refractivity contribution in [1.29, 1.82) is 21.0 Å². The van der Waals surface area contributed by atoms with E-state index in [0.717, 1.165) is 94.2 Å². The van der Waals surface area contributed by atoms with Crippen LogP contribution in [-0.4, -0.2) is 14.1 Å². The lowest BCUT2D eigenvalue weighted by Crippen LogP contribution is -2.07. The number of nitriles is 4. The average Bonchev–Trinajstić information content (AvgIpc) is 3.96. The van der Waals surface area contributed by atoms with Crippen molar-refractivity contribution < 1.29 is 13.2 Å². The van der Waals surface area contributed by atoms with Crippen LogP contribution in [0.15, 0.2) is 200 Å². The first-order chi connectivity index (χ1) is 36.5. The van der Waals surface area contributed by atoms with Gasteiger partial charge in [-0.1, -0.05) is 103 Å².